The third-order valence-electron chi connectivity index (χ3n) is 4.17. The molecular formula is C17H23NO4. The second kappa shape index (κ2) is 7.29. The van der Waals surface area contributed by atoms with Crippen molar-refractivity contribution in [1.82, 2.24) is 4.90 Å². The first-order chi connectivity index (χ1) is 10.5. The molecule has 5 nitrogen and oxygen atoms in total. The van der Waals surface area contributed by atoms with Crippen LogP contribution < -0.4 is 4.74 Å². The normalized spacial score (nSPS) is 17.5. The summed E-state index contributed by atoms with van der Waals surface area (Å²) in [7, 11) is 1.65. The van der Waals surface area contributed by atoms with Gasteiger partial charge in [0.2, 0.25) is 5.91 Å². The van der Waals surface area contributed by atoms with Gasteiger partial charge in [-0.25, -0.2) is 4.79 Å². The number of aliphatic carboxylic acids is 1. The van der Waals surface area contributed by atoms with Gasteiger partial charge in [0, 0.05) is 13.0 Å². The minimum atomic E-state index is -0.892. The number of carboxylic acid groups (broad SMARTS) is 1. The molecule has 0 aromatic heterocycles. The van der Waals surface area contributed by atoms with Gasteiger partial charge in [-0.05, 0) is 49.8 Å². The number of benzene rings is 1. The van der Waals surface area contributed by atoms with Gasteiger partial charge in [-0.15, -0.1) is 0 Å². The van der Waals surface area contributed by atoms with Gasteiger partial charge in [0.05, 0.1) is 7.11 Å². The minimum Gasteiger partial charge on any atom is -0.496 e. The molecule has 1 atom stereocenters. The molecule has 120 valence electrons. The van der Waals surface area contributed by atoms with Crippen LogP contribution in [-0.4, -0.2) is 41.6 Å². The summed E-state index contributed by atoms with van der Waals surface area (Å²) in [5.74, 6) is -0.0760. The van der Waals surface area contributed by atoms with Crippen molar-refractivity contribution in [1.29, 1.82) is 0 Å². The molecule has 1 aromatic rings. The standard InChI is InChI=1S/C17H23NO4/c1-12-11-13(8-9-15(12)22-2)5-3-7-16(19)18-10-4-6-14(18)17(20)21/h8-9,11,14H,3-7,10H2,1-2H3,(H,20,21). The summed E-state index contributed by atoms with van der Waals surface area (Å²) in [6.07, 6.45) is 3.28. The summed E-state index contributed by atoms with van der Waals surface area (Å²) in [6.45, 7) is 2.56. The van der Waals surface area contributed by atoms with Crippen molar-refractivity contribution in [2.75, 3.05) is 13.7 Å². The minimum absolute atomic E-state index is 0.0462. The summed E-state index contributed by atoms with van der Waals surface area (Å²) < 4.78 is 5.23. The molecule has 1 unspecified atom stereocenters. The van der Waals surface area contributed by atoms with Crippen LogP contribution >= 0.6 is 0 Å². The molecule has 22 heavy (non-hydrogen) atoms. The van der Waals surface area contributed by atoms with Crippen molar-refractivity contribution in [3.8, 4) is 5.75 Å². The second-order valence-electron chi connectivity index (χ2n) is 5.74. The zero-order chi connectivity index (χ0) is 16.1. The molecule has 0 bridgehead atoms. The zero-order valence-corrected chi connectivity index (χ0v) is 13.2. The number of likely N-dealkylation sites (tertiary alicyclic amines) is 1. The fourth-order valence-electron chi connectivity index (χ4n) is 3.01. The molecule has 1 aliphatic heterocycles. The van der Waals surface area contributed by atoms with Crippen molar-refractivity contribution in [2.45, 2.75) is 45.1 Å². The van der Waals surface area contributed by atoms with E-state index in [4.69, 9.17) is 9.84 Å². The number of carbonyl (C=O) groups excluding carboxylic acids is 1. The number of nitrogens with zero attached hydrogens (tertiary/aromatic N) is 1. The fourth-order valence-corrected chi connectivity index (χ4v) is 3.01. The van der Waals surface area contributed by atoms with E-state index in [9.17, 15) is 9.59 Å². The highest BCUT2D eigenvalue weighted by molar-refractivity contribution is 5.84. The first kappa shape index (κ1) is 16.3. The molecule has 1 heterocycles. The predicted molar refractivity (Wildman–Crippen MR) is 83.0 cm³/mol. The molecule has 0 aliphatic carbocycles. The van der Waals surface area contributed by atoms with Crippen molar-refractivity contribution in [2.24, 2.45) is 0 Å². The largest absolute Gasteiger partial charge is 0.496 e. The smallest absolute Gasteiger partial charge is 0.326 e. The topological polar surface area (TPSA) is 66.8 Å². The number of carboxylic acids is 1. The number of ether oxygens (including phenoxy) is 1. The van der Waals surface area contributed by atoms with Crippen molar-refractivity contribution in [3.63, 3.8) is 0 Å². The van der Waals surface area contributed by atoms with Gasteiger partial charge in [0.25, 0.3) is 0 Å². The summed E-state index contributed by atoms with van der Waals surface area (Å²) in [5.41, 5.74) is 2.25. The Bertz CT molecular complexity index is 556. The summed E-state index contributed by atoms with van der Waals surface area (Å²) in [4.78, 5) is 24.8. The SMILES string of the molecule is COc1ccc(CCCC(=O)N2CCCC2C(=O)O)cc1C. The Kier molecular flexibility index (Phi) is 5.41. The maximum Gasteiger partial charge on any atom is 0.326 e. The van der Waals surface area contributed by atoms with Gasteiger partial charge >= 0.3 is 5.97 Å². The average Bonchev–Trinajstić information content (AvgIpc) is 2.97. The number of rotatable bonds is 6. The average molecular weight is 305 g/mol. The third-order valence-corrected chi connectivity index (χ3v) is 4.17. The van der Waals surface area contributed by atoms with Gasteiger partial charge in [-0.3, -0.25) is 4.79 Å². The monoisotopic (exact) mass is 305 g/mol. The van der Waals surface area contributed by atoms with Crippen LogP contribution in [0.15, 0.2) is 18.2 Å². The summed E-state index contributed by atoms with van der Waals surface area (Å²) in [5, 5.41) is 9.11. The second-order valence-corrected chi connectivity index (χ2v) is 5.74. The van der Waals surface area contributed by atoms with E-state index in [1.54, 1.807) is 7.11 Å². The Morgan fingerprint density at radius 1 is 1.41 bits per heavy atom. The van der Waals surface area contributed by atoms with Crippen LogP contribution in [0.4, 0.5) is 0 Å². The molecule has 1 aromatic carbocycles. The molecule has 0 radical (unpaired) electrons. The third kappa shape index (κ3) is 3.78. The first-order valence-electron chi connectivity index (χ1n) is 7.68. The Labute approximate surface area is 130 Å². The van der Waals surface area contributed by atoms with Crippen LogP contribution in [0.2, 0.25) is 0 Å². The Balaban J connectivity index is 1.84. The Hall–Kier alpha value is -2.04. The summed E-state index contributed by atoms with van der Waals surface area (Å²) in [6, 6.07) is 5.38. The van der Waals surface area contributed by atoms with Crippen LogP contribution in [0.3, 0.4) is 0 Å². The van der Waals surface area contributed by atoms with Crippen LogP contribution in [0.25, 0.3) is 0 Å². The van der Waals surface area contributed by atoms with E-state index in [1.165, 1.54) is 10.5 Å². The fraction of sp³-hybridized carbons (Fsp3) is 0.529. The molecule has 0 saturated carbocycles. The van der Waals surface area contributed by atoms with E-state index in [2.05, 4.69) is 6.07 Å². The van der Waals surface area contributed by atoms with E-state index >= 15 is 0 Å². The van der Waals surface area contributed by atoms with E-state index in [0.29, 0.717) is 19.4 Å². The first-order valence-corrected chi connectivity index (χ1v) is 7.68. The lowest BCUT2D eigenvalue weighted by Crippen LogP contribution is -2.40. The molecule has 2 rings (SSSR count). The van der Waals surface area contributed by atoms with Crippen molar-refractivity contribution in [3.05, 3.63) is 29.3 Å². The van der Waals surface area contributed by atoms with Crippen LogP contribution in [0.5, 0.6) is 5.75 Å². The molecule has 1 aliphatic rings. The summed E-state index contributed by atoms with van der Waals surface area (Å²) >= 11 is 0. The molecule has 1 amide bonds. The highest BCUT2D eigenvalue weighted by atomic mass is 16.5. The number of aryl methyl sites for hydroxylation is 2. The quantitative estimate of drug-likeness (QED) is 0.876. The van der Waals surface area contributed by atoms with E-state index in [1.807, 2.05) is 19.1 Å². The Morgan fingerprint density at radius 2 is 2.18 bits per heavy atom. The number of methoxy groups -OCH3 is 1. The van der Waals surface area contributed by atoms with Crippen molar-refractivity contribution < 1.29 is 19.4 Å². The highest BCUT2D eigenvalue weighted by Gasteiger charge is 2.33. The van der Waals surface area contributed by atoms with Gasteiger partial charge in [-0.1, -0.05) is 12.1 Å². The lowest BCUT2D eigenvalue weighted by molar-refractivity contribution is -0.148. The van der Waals surface area contributed by atoms with Gasteiger partial charge in [-0.2, -0.15) is 0 Å². The number of carbonyl (C=O) groups is 2. The van der Waals surface area contributed by atoms with Gasteiger partial charge in [0.1, 0.15) is 11.8 Å². The van der Waals surface area contributed by atoms with Crippen LogP contribution in [-0.2, 0) is 16.0 Å². The molecule has 1 fully saturated rings. The van der Waals surface area contributed by atoms with Crippen molar-refractivity contribution >= 4 is 11.9 Å². The van der Waals surface area contributed by atoms with Gasteiger partial charge in [0.15, 0.2) is 0 Å². The van der Waals surface area contributed by atoms with Crippen LogP contribution in [0.1, 0.15) is 36.8 Å². The molecule has 5 heteroatoms. The predicted octanol–water partition coefficient (Wildman–Crippen LogP) is 2.40. The lowest BCUT2D eigenvalue weighted by Gasteiger charge is -2.21. The molecular weight excluding hydrogens is 282 g/mol. The molecule has 1 saturated heterocycles. The maximum absolute atomic E-state index is 12.2. The van der Waals surface area contributed by atoms with Gasteiger partial charge < -0.3 is 14.7 Å². The zero-order valence-electron chi connectivity index (χ0n) is 13.2. The lowest BCUT2D eigenvalue weighted by atomic mass is 10.0. The maximum atomic E-state index is 12.2. The number of hydrogen-bond donors (Lipinski definition) is 1. The Morgan fingerprint density at radius 3 is 2.82 bits per heavy atom. The van der Waals surface area contributed by atoms with Crippen LogP contribution in [0, 0.1) is 6.92 Å². The highest BCUT2D eigenvalue weighted by Crippen LogP contribution is 2.21. The van der Waals surface area contributed by atoms with E-state index < -0.39 is 12.0 Å². The molecule has 1 N–H and O–H groups in total. The number of amides is 1. The van der Waals surface area contributed by atoms with E-state index in [-0.39, 0.29) is 5.91 Å². The molecule has 0 spiro atoms. The number of hydrogen-bond acceptors (Lipinski definition) is 3. The van der Waals surface area contributed by atoms with E-state index in [0.717, 1.165) is 30.6 Å².